The minimum Gasteiger partial charge on any atom is -0.493 e. The maximum atomic E-state index is 10.9. The number of aromatic amines is 1. The number of imidazole rings is 1. The van der Waals surface area contributed by atoms with Gasteiger partial charge in [0.25, 0.3) is 0 Å². The Bertz CT molecular complexity index is 1190. The maximum absolute atomic E-state index is 10.9. The van der Waals surface area contributed by atoms with Gasteiger partial charge in [-0.05, 0) is 17.7 Å². The van der Waals surface area contributed by atoms with Crippen molar-refractivity contribution in [2.75, 3.05) is 26.1 Å². The Balaban J connectivity index is 1.50. The largest absolute Gasteiger partial charge is 0.493 e. The summed E-state index contributed by atoms with van der Waals surface area (Å²) < 4.78 is 37.3. The van der Waals surface area contributed by atoms with Gasteiger partial charge in [-0.1, -0.05) is 0 Å². The van der Waals surface area contributed by atoms with Crippen molar-refractivity contribution in [2.45, 2.75) is 31.1 Å². The Morgan fingerprint density at radius 3 is 2.49 bits per heavy atom. The number of hydrogen-bond acceptors (Lipinski definition) is 12. The summed E-state index contributed by atoms with van der Waals surface area (Å²) in [6.45, 7) is -0.338. The number of nitrogens with one attached hydrogen (secondary N) is 2. The van der Waals surface area contributed by atoms with Gasteiger partial charge in [-0.2, -0.15) is 0 Å². The van der Waals surface area contributed by atoms with E-state index in [4.69, 9.17) is 28.7 Å². The van der Waals surface area contributed by atoms with Crippen molar-refractivity contribution in [3.05, 3.63) is 30.4 Å². The Morgan fingerprint density at radius 2 is 1.83 bits per heavy atom. The molecule has 0 radical (unpaired) electrons. The zero-order valence-electron chi connectivity index (χ0n) is 18.6. The van der Waals surface area contributed by atoms with Crippen molar-refractivity contribution in [1.82, 2.24) is 19.9 Å². The van der Waals surface area contributed by atoms with E-state index in [1.54, 1.807) is 12.1 Å². The molecule has 1 aliphatic rings. The lowest BCUT2D eigenvalue weighted by atomic mass is 10.1. The molecule has 15 nitrogen and oxygen atoms in total. The second-order valence-corrected chi connectivity index (χ2v) is 8.67. The molecule has 3 heterocycles. The van der Waals surface area contributed by atoms with Gasteiger partial charge in [0.2, 0.25) is 12.0 Å². The molecular formula is C19H24N5O10P. The van der Waals surface area contributed by atoms with Crippen LogP contribution in [0.4, 0.5) is 5.82 Å². The number of H-pyrrole nitrogens is 1. The van der Waals surface area contributed by atoms with E-state index in [9.17, 15) is 14.8 Å². The maximum Gasteiger partial charge on any atom is 0.469 e. The molecule has 1 aromatic carbocycles. The van der Waals surface area contributed by atoms with Crippen LogP contribution in [0.2, 0.25) is 0 Å². The number of ether oxygens (including phenoxy) is 4. The van der Waals surface area contributed by atoms with Crippen LogP contribution in [0.3, 0.4) is 0 Å². The molecule has 1 saturated heterocycles. The molecule has 3 aromatic rings. The highest BCUT2D eigenvalue weighted by molar-refractivity contribution is 7.46. The van der Waals surface area contributed by atoms with E-state index in [1.807, 2.05) is 0 Å². The fourth-order valence-electron chi connectivity index (χ4n) is 3.47. The van der Waals surface area contributed by atoms with E-state index >= 15 is 0 Å². The average molecular weight is 513 g/mol. The number of nitrogens with zero attached hydrogens (tertiary/aromatic N) is 3. The lowest BCUT2D eigenvalue weighted by Crippen LogP contribution is -2.36. The zero-order valence-corrected chi connectivity index (χ0v) is 19.5. The fraction of sp³-hybridized carbons (Fsp3) is 0.421. The van der Waals surface area contributed by atoms with Crippen molar-refractivity contribution in [1.29, 1.82) is 0 Å². The van der Waals surface area contributed by atoms with Crippen LogP contribution >= 0.6 is 7.82 Å². The van der Waals surface area contributed by atoms with Crippen LogP contribution in [0.5, 0.6) is 17.2 Å². The van der Waals surface area contributed by atoms with Gasteiger partial charge in [-0.25, -0.2) is 19.5 Å². The highest BCUT2D eigenvalue weighted by Crippen LogP contribution is 2.42. The molecular weight excluding hydrogens is 489 g/mol. The standard InChI is InChI=1S/C19H24N5O10P/c1-30-10-3-9(5-20-17-13-18(22-7-21-13)24-8-23-17)4-11(31-2)16(10)34-19-15(26)14(25)12(33-19)6-32-35(27,28)29/h3-4,7-8,12,14-15,19,25-26H,5-6H2,1-2H3,(H2,27,28,29)(H2,20,21,22,23,24)/t12-,14-,15-,19?/m1/s1. The van der Waals surface area contributed by atoms with Crippen molar-refractivity contribution in [2.24, 2.45) is 0 Å². The Labute approximate surface area is 198 Å². The number of rotatable bonds is 10. The minimum absolute atomic E-state index is 0.0875. The van der Waals surface area contributed by atoms with Crippen LogP contribution in [0.15, 0.2) is 24.8 Å². The molecule has 0 amide bonds. The molecule has 1 unspecified atom stereocenters. The number of aromatic nitrogens is 4. The van der Waals surface area contributed by atoms with Crippen molar-refractivity contribution >= 4 is 24.8 Å². The van der Waals surface area contributed by atoms with E-state index in [-0.39, 0.29) is 17.2 Å². The first-order valence-electron chi connectivity index (χ1n) is 10.2. The van der Waals surface area contributed by atoms with E-state index in [1.165, 1.54) is 26.9 Å². The van der Waals surface area contributed by atoms with Gasteiger partial charge in [-0.3, -0.25) is 4.52 Å². The summed E-state index contributed by atoms with van der Waals surface area (Å²) in [6, 6.07) is 3.34. The first-order valence-corrected chi connectivity index (χ1v) is 11.7. The Morgan fingerprint density at radius 1 is 1.11 bits per heavy atom. The van der Waals surface area contributed by atoms with Gasteiger partial charge in [0.15, 0.2) is 23.0 Å². The van der Waals surface area contributed by atoms with Gasteiger partial charge < -0.3 is 49.2 Å². The topological polar surface area (TPSA) is 211 Å². The number of benzene rings is 1. The number of anilines is 1. The summed E-state index contributed by atoms with van der Waals surface area (Å²) in [5.41, 5.74) is 1.90. The molecule has 4 rings (SSSR count). The third-order valence-corrected chi connectivity index (χ3v) is 5.65. The predicted octanol–water partition coefficient (Wildman–Crippen LogP) is -0.0830. The molecule has 35 heavy (non-hydrogen) atoms. The second-order valence-electron chi connectivity index (χ2n) is 7.43. The first-order chi connectivity index (χ1) is 16.7. The molecule has 0 saturated carbocycles. The van der Waals surface area contributed by atoms with Crippen molar-refractivity contribution in [3.8, 4) is 17.2 Å². The van der Waals surface area contributed by atoms with Crippen LogP contribution in [-0.4, -0.2) is 85.4 Å². The molecule has 1 aliphatic heterocycles. The fourth-order valence-corrected chi connectivity index (χ4v) is 3.81. The highest BCUT2D eigenvalue weighted by atomic mass is 31.2. The molecule has 16 heteroatoms. The monoisotopic (exact) mass is 513 g/mol. The molecule has 1 fully saturated rings. The quantitative estimate of drug-likeness (QED) is 0.196. The van der Waals surface area contributed by atoms with E-state index in [0.717, 1.165) is 5.56 Å². The van der Waals surface area contributed by atoms with Crippen LogP contribution in [0.1, 0.15) is 5.56 Å². The van der Waals surface area contributed by atoms with E-state index in [0.29, 0.717) is 23.5 Å². The molecule has 0 bridgehead atoms. The van der Waals surface area contributed by atoms with Crippen molar-refractivity contribution in [3.63, 3.8) is 0 Å². The summed E-state index contributed by atoms with van der Waals surface area (Å²) >= 11 is 0. The van der Waals surface area contributed by atoms with Crippen LogP contribution in [0, 0.1) is 0 Å². The van der Waals surface area contributed by atoms with Crippen LogP contribution < -0.4 is 19.5 Å². The molecule has 190 valence electrons. The first kappa shape index (κ1) is 25.1. The van der Waals surface area contributed by atoms with Crippen LogP contribution in [0.25, 0.3) is 11.2 Å². The number of aliphatic hydroxyl groups excluding tert-OH is 2. The number of phosphoric acid groups is 1. The van der Waals surface area contributed by atoms with Crippen LogP contribution in [-0.2, 0) is 20.4 Å². The Hall–Kier alpha value is -3.04. The molecule has 6 N–H and O–H groups in total. The highest BCUT2D eigenvalue weighted by Gasteiger charge is 2.45. The molecule has 2 aromatic heterocycles. The van der Waals surface area contributed by atoms with Gasteiger partial charge in [0.1, 0.15) is 30.2 Å². The van der Waals surface area contributed by atoms with Gasteiger partial charge in [-0.15, -0.1) is 0 Å². The third kappa shape index (κ3) is 5.62. The minimum atomic E-state index is -4.79. The summed E-state index contributed by atoms with van der Waals surface area (Å²) in [6.07, 6.45) is -2.78. The lowest BCUT2D eigenvalue weighted by molar-refractivity contribution is -0.117. The predicted molar refractivity (Wildman–Crippen MR) is 118 cm³/mol. The number of aliphatic hydroxyl groups is 2. The Kier molecular flexibility index (Phi) is 7.37. The third-order valence-electron chi connectivity index (χ3n) is 5.16. The average Bonchev–Trinajstić information content (AvgIpc) is 3.42. The van der Waals surface area contributed by atoms with Gasteiger partial charge in [0.05, 0.1) is 27.2 Å². The van der Waals surface area contributed by atoms with E-state index in [2.05, 4.69) is 29.8 Å². The normalized spacial score (nSPS) is 22.3. The van der Waals surface area contributed by atoms with E-state index < -0.39 is 39.0 Å². The van der Waals surface area contributed by atoms with Gasteiger partial charge >= 0.3 is 7.82 Å². The number of phosphoric ester groups is 1. The number of methoxy groups -OCH3 is 2. The second kappa shape index (κ2) is 10.3. The lowest BCUT2D eigenvalue weighted by Gasteiger charge is -2.21. The summed E-state index contributed by atoms with van der Waals surface area (Å²) in [4.78, 5) is 33.1. The number of hydrogen-bond donors (Lipinski definition) is 6. The number of fused-ring (bicyclic) bond motifs is 1. The molecule has 4 atom stereocenters. The SMILES string of the molecule is COc1cc(CNc2ncnc3nc[nH]c23)cc(OC)c1OC1O[C@H](COP(=O)(O)O)[C@@H](O)[C@H]1O. The summed E-state index contributed by atoms with van der Waals surface area (Å²) in [5, 5.41) is 23.7. The van der Waals surface area contributed by atoms with Gasteiger partial charge in [0, 0.05) is 6.54 Å². The molecule has 0 aliphatic carbocycles. The zero-order chi connectivity index (χ0) is 25.2. The molecule has 0 spiro atoms. The summed E-state index contributed by atoms with van der Waals surface area (Å²) in [5.74, 6) is 1.13. The smallest absolute Gasteiger partial charge is 0.469 e. The van der Waals surface area contributed by atoms with Crippen molar-refractivity contribution < 1.29 is 48.0 Å². The summed E-state index contributed by atoms with van der Waals surface area (Å²) in [7, 11) is -1.97.